The van der Waals surface area contributed by atoms with Crippen molar-refractivity contribution in [3.05, 3.63) is 75.4 Å². The molecule has 278 valence electrons. The molecule has 1 amide bonds. The largest absolute Gasteiger partial charge is 0.487 e. The number of unbranched alkanes of at least 4 members (excludes halogenated alkanes) is 1. The van der Waals surface area contributed by atoms with E-state index < -0.39 is 24.7 Å². The van der Waals surface area contributed by atoms with Crippen LogP contribution in [0, 0.1) is 0 Å². The van der Waals surface area contributed by atoms with Crippen LogP contribution in [0.2, 0.25) is 5.02 Å². The minimum atomic E-state index is -1.21. The summed E-state index contributed by atoms with van der Waals surface area (Å²) in [5.41, 5.74) is 4.50. The Kier molecular flexibility index (Phi) is 13.1. The fourth-order valence-electron chi connectivity index (χ4n) is 6.80. The lowest BCUT2D eigenvalue weighted by molar-refractivity contribution is -0.140. The molecule has 4 N–H and O–H groups in total. The van der Waals surface area contributed by atoms with Crippen molar-refractivity contribution in [1.82, 2.24) is 24.9 Å². The number of carbonyl (C=O) groups is 2. The second kappa shape index (κ2) is 17.9. The van der Waals surface area contributed by atoms with Crippen LogP contribution >= 0.6 is 27.5 Å². The number of aliphatic hydroxyl groups excluding tert-OH is 2. The Morgan fingerprint density at radius 1 is 1.00 bits per heavy atom. The van der Waals surface area contributed by atoms with Crippen molar-refractivity contribution in [2.45, 2.75) is 63.9 Å². The van der Waals surface area contributed by atoms with Crippen LogP contribution in [0.3, 0.4) is 0 Å². The van der Waals surface area contributed by atoms with Crippen LogP contribution in [0.15, 0.2) is 59.2 Å². The van der Waals surface area contributed by atoms with Gasteiger partial charge >= 0.3 is 5.97 Å². The number of halogens is 2. The Balaban J connectivity index is 1.17. The highest BCUT2D eigenvalue weighted by Gasteiger charge is 2.26. The molecule has 12 nitrogen and oxygen atoms in total. The van der Waals surface area contributed by atoms with Gasteiger partial charge in [0.2, 0.25) is 0 Å². The molecule has 0 spiro atoms. The summed E-state index contributed by atoms with van der Waals surface area (Å²) in [6.45, 7) is 4.39. The number of hydrogen-bond acceptors (Lipinski definition) is 9. The van der Waals surface area contributed by atoms with Gasteiger partial charge in [0, 0.05) is 53.2 Å². The van der Waals surface area contributed by atoms with Gasteiger partial charge in [0.25, 0.3) is 5.91 Å². The zero-order chi connectivity index (χ0) is 36.6. The highest BCUT2D eigenvalue weighted by molar-refractivity contribution is 9.10. The minimum absolute atomic E-state index is 0.00218. The Morgan fingerprint density at radius 2 is 1.77 bits per heavy atom. The van der Waals surface area contributed by atoms with E-state index in [9.17, 15) is 24.9 Å². The number of aryl methyl sites for hydroxylation is 1. The van der Waals surface area contributed by atoms with E-state index in [-0.39, 0.29) is 43.0 Å². The molecule has 2 saturated heterocycles. The van der Waals surface area contributed by atoms with E-state index in [4.69, 9.17) is 26.2 Å². The van der Waals surface area contributed by atoms with E-state index in [1.807, 2.05) is 18.3 Å². The van der Waals surface area contributed by atoms with Gasteiger partial charge in [0.05, 0.1) is 29.4 Å². The molecule has 2 unspecified atom stereocenters. The van der Waals surface area contributed by atoms with Crippen LogP contribution in [-0.2, 0) is 29.3 Å². The second-order valence-corrected chi connectivity index (χ2v) is 14.5. The van der Waals surface area contributed by atoms with E-state index >= 15 is 0 Å². The number of amides is 1. The number of carboxylic acids is 1. The van der Waals surface area contributed by atoms with E-state index in [1.54, 1.807) is 12.1 Å². The van der Waals surface area contributed by atoms with Crippen molar-refractivity contribution >= 4 is 50.3 Å². The van der Waals surface area contributed by atoms with Gasteiger partial charge in [-0.2, -0.15) is 5.10 Å². The number of nitrogens with one attached hydrogen (secondary N) is 1. The molecular weight excluding hydrogens is 754 g/mol. The number of carboxylic acid groups (broad SMARTS) is 1. The quantitative estimate of drug-likeness (QED) is 0.107. The first kappa shape index (κ1) is 38.0. The van der Waals surface area contributed by atoms with Crippen molar-refractivity contribution in [3.63, 3.8) is 0 Å². The van der Waals surface area contributed by atoms with Gasteiger partial charge in [-0.05, 0) is 90.9 Å². The molecule has 1 aromatic heterocycles. The third-order valence-electron chi connectivity index (χ3n) is 9.73. The molecule has 2 aliphatic heterocycles. The van der Waals surface area contributed by atoms with E-state index in [2.05, 4.69) is 55.1 Å². The number of aromatic nitrogens is 2. The summed E-state index contributed by atoms with van der Waals surface area (Å²) in [6, 6.07) is 14.2. The van der Waals surface area contributed by atoms with Crippen LogP contribution in [0.5, 0.6) is 11.5 Å². The molecule has 2 fully saturated rings. The van der Waals surface area contributed by atoms with Crippen LogP contribution in [0.4, 0.5) is 0 Å². The Morgan fingerprint density at radius 3 is 2.52 bits per heavy atom. The molecule has 0 saturated carbocycles. The SMILES string of the molecule is O=C(O)C(CO)NCc1cc(Cl)c(OCc2cccc(-c3cccc4c3cnn4CCCCN3CCCC3)c2Br)cc1OCC(=O)N1CCC(O)C1. The van der Waals surface area contributed by atoms with Crippen LogP contribution in [0.1, 0.15) is 43.2 Å². The van der Waals surface area contributed by atoms with Crippen molar-refractivity contribution < 1.29 is 34.4 Å². The van der Waals surface area contributed by atoms with Gasteiger partial charge < -0.3 is 34.6 Å². The molecule has 0 aliphatic carbocycles. The molecule has 14 heteroatoms. The summed E-state index contributed by atoms with van der Waals surface area (Å²) in [5, 5.41) is 37.6. The molecule has 6 rings (SSSR count). The summed E-state index contributed by atoms with van der Waals surface area (Å²) in [7, 11) is 0. The number of aliphatic hydroxyl groups is 2. The smallest absolute Gasteiger partial charge is 0.323 e. The number of β-amino-alcohol motifs (C(OH)–C–C–N with tert-alkyl or cyclic N) is 1. The molecular formula is C38H45BrClN5O7. The molecule has 0 bridgehead atoms. The monoisotopic (exact) mass is 797 g/mol. The maximum atomic E-state index is 12.8. The maximum Gasteiger partial charge on any atom is 0.323 e. The van der Waals surface area contributed by atoms with Crippen LogP contribution < -0.4 is 14.8 Å². The Hall–Kier alpha value is -3.72. The fraction of sp³-hybridized carbons (Fsp3) is 0.447. The third kappa shape index (κ3) is 9.25. The van der Waals surface area contributed by atoms with Crippen molar-refractivity contribution in [2.24, 2.45) is 0 Å². The van der Waals surface area contributed by atoms with E-state index in [0.717, 1.165) is 58.0 Å². The summed E-state index contributed by atoms with van der Waals surface area (Å²) >= 11 is 10.5. The van der Waals surface area contributed by atoms with Gasteiger partial charge in [-0.25, -0.2) is 0 Å². The zero-order valence-electron chi connectivity index (χ0n) is 29.0. The summed E-state index contributed by atoms with van der Waals surface area (Å²) in [6.07, 6.45) is 6.73. The first-order valence-corrected chi connectivity index (χ1v) is 18.9. The molecule has 2 atom stereocenters. The first-order valence-electron chi connectivity index (χ1n) is 17.8. The number of ether oxygens (including phenoxy) is 2. The van der Waals surface area contributed by atoms with Crippen LogP contribution in [-0.4, -0.2) is 105 Å². The number of benzene rings is 3. The fourth-order valence-corrected chi connectivity index (χ4v) is 7.63. The van der Waals surface area contributed by atoms with Gasteiger partial charge in [-0.15, -0.1) is 0 Å². The maximum absolute atomic E-state index is 12.8. The lowest BCUT2D eigenvalue weighted by atomic mass is 10.00. The molecule has 3 heterocycles. The number of hydrogen-bond donors (Lipinski definition) is 4. The average molecular weight is 799 g/mol. The number of fused-ring (bicyclic) bond motifs is 1. The van der Waals surface area contributed by atoms with Gasteiger partial charge in [0.15, 0.2) is 6.61 Å². The normalized spacial score (nSPS) is 16.8. The van der Waals surface area contributed by atoms with Crippen molar-refractivity contribution in [3.8, 4) is 22.6 Å². The Bertz CT molecular complexity index is 1870. The van der Waals surface area contributed by atoms with Crippen LogP contribution in [0.25, 0.3) is 22.0 Å². The first-order chi connectivity index (χ1) is 25.2. The Labute approximate surface area is 316 Å². The number of aliphatic carboxylic acids is 1. The molecule has 0 radical (unpaired) electrons. The highest BCUT2D eigenvalue weighted by atomic mass is 79.9. The highest BCUT2D eigenvalue weighted by Crippen LogP contribution is 2.38. The standard InChI is InChI=1S/C38H45BrClN5O7/c39-37-25(7-5-9-29(37)28-8-6-10-33-30(28)20-42-45(33)15-4-3-14-43-12-1-2-13-43)23-51-35-18-34(52-24-36(48)44-16-11-27(47)21-44)26(17-31(35)40)19-41-32(22-46)38(49)50/h5-10,17-18,20,27,32,41,46-47H,1-4,11-16,19,21-24H2,(H,49,50). The molecule has 3 aromatic carbocycles. The van der Waals surface area contributed by atoms with Crippen molar-refractivity contribution in [2.75, 3.05) is 45.9 Å². The average Bonchev–Trinajstić information content (AvgIpc) is 3.92. The van der Waals surface area contributed by atoms with Gasteiger partial charge in [-0.3, -0.25) is 19.6 Å². The summed E-state index contributed by atoms with van der Waals surface area (Å²) in [5.74, 6) is -0.910. The number of rotatable bonds is 17. The lowest BCUT2D eigenvalue weighted by Crippen LogP contribution is -2.39. The summed E-state index contributed by atoms with van der Waals surface area (Å²) in [4.78, 5) is 28.4. The molecule has 52 heavy (non-hydrogen) atoms. The predicted octanol–water partition coefficient (Wildman–Crippen LogP) is 5.08. The second-order valence-electron chi connectivity index (χ2n) is 13.3. The predicted molar refractivity (Wildman–Crippen MR) is 202 cm³/mol. The zero-order valence-corrected chi connectivity index (χ0v) is 31.3. The summed E-state index contributed by atoms with van der Waals surface area (Å²) < 4.78 is 15.1. The molecule has 4 aromatic rings. The molecule has 2 aliphatic rings. The van der Waals surface area contributed by atoms with Gasteiger partial charge in [-0.1, -0.05) is 41.9 Å². The van der Waals surface area contributed by atoms with Crippen molar-refractivity contribution in [1.29, 1.82) is 0 Å². The minimum Gasteiger partial charge on any atom is -0.487 e. The number of carbonyl (C=O) groups excluding carboxylic acids is 1. The third-order valence-corrected chi connectivity index (χ3v) is 11.0. The number of nitrogens with zero attached hydrogens (tertiary/aromatic N) is 4. The lowest BCUT2D eigenvalue weighted by Gasteiger charge is -2.20. The van der Waals surface area contributed by atoms with E-state index in [0.29, 0.717) is 24.3 Å². The van der Waals surface area contributed by atoms with Gasteiger partial charge in [0.1, 0.15) is 24.1 Å². The number of likely N-dealkylation sites (tertiary alicyclic amines) is 2. The van der Waals surface area contributed by atoms with E-state index in [1.165, 1.54) is 30.8 Å². The topological polar surface area (TPSA) is 150 Å².